The molecule has 0 atom stereocenters. The fraction of sp³-hybridized carbons (Fsp3) is 0.294. The predicted molar refractivity (Wildman–Crippen MR) is 95.1 cm³/mol. The summed E-state index contributed by atoms with van der Waals surface area (Å²) in [6, 6.07) is 10.8. The molecule has 0 bridgehead atoms. The minimum atomic E-state index is -0.0942. The van der Waals surface area contributed by atoms with Gasteiger partial charge in [0.1, 0.15) is 5.75 Å². The number of rotatable bonds is 7. The van der Waals surface area contributed by atoms with Crippen molar-refractivity contribution in [3.05, 3.63) is 50.6 Å². The molecule has 1 aromatic heterocycles. The Morgan fingerprint density at radius 2 is 1.87 bits per heavy atom. The highest BCUT2D eigenvalue weighted by atomic mass is 79.9. The minimum absolute atomic E-state index is 0.0237. The summed E-state index contributed by atoms with van der Waals surface area (Å²) < 4.78 is 6.54. The predicted octanol–water partition coefficient (Wildman–Crippen LogP) is 4.14. The van der Waals surface area contributed by atoms with Gasteiger partial charge in [-0.25, -0.2) is 0 Å². The fourth-order valence-corrected chi connectivity index (χ4v) is 3.49. The summed E-state index contributed by atoms with van der Waals surface area (Å²) in [7, 11) is 1.75. The molecule has 2 aromatic rings. The zero-order valence-electron chi connectivity index (χ0n) is 13.0. The first-order chi connectivity index (χ1) is 11.0. The Hall–Kier alpha value is -1.66. The molecule has 4 nitrogen and oxygen atoms in total. The number of halogens is 1. The van der Waals surface area contributed by atoms with E-state index in [2.05, 4.69) is 15.9 Å². The number of ketones is 1. The van der Waals surface area contributed by atoms with Gasteiger partial charge in [-0.2, -0.15) is 0 Å². The van der Waals surface area contributed by atoms with E-state index in [0.29, 0.717) is 24.3 Å². The Bertz CT molecular complexity index is 681. The van der Waals surface area contributed by atoms with Crippen LogP contribution in [0.5, 0.6) is 5.75 Å². The molecule has 122 valence electrons. The van der Waals surface area contributed by atoms with Gasteiger partial charge in [-0.15, -0.1) is 11.3 Å². The molecule has 0 aliphatic rings. The number of benzene rings is 1. The number of amides is 1. The molecule has 0 radical (unpaired) electrons. The summed E-state index contributed by atoms with van der Waals surface area (Å²) in [6.45, 7) is 2.36. The molecule has 0 unspecified atom stereocenters. The van der Waals surface area contributed by atoms with Crippen LogP contribution in [0.1, 0.15) is 28.6 Å². The summed E-state index contributed by atoms with van der Waals surface area (Å²) in [4.78, 5) is 26.4. The van der Waals surface area contributed by atoms with E-state index >= 15 is 0 Å². The van der Waals surface area contributed by atoms with E-state index in [-0.39, 0.29) is 18.3 Å². The SMILES string of the molecule is CCC(=O)c1ccc(OCC(=O)N(C)Cc2ccc(Br)s2)cc1. The number of nitrogens with zero attached hydrogens (tertiary/aromatic N) is 1. The van der Waals surface area contributed by atoms with Gasteiger partial charge in [0.25, 0.3) is 5.91 Å². The van der Waals surface area contributed by atoms with Crippen molar-refractivity contribution in [2.45, 2.75) is 19.9 Å². The molecule has 2 rings (SSSR count). The zero-order valence-corrected chi connectivity index (χ0v) is 15.4. The lowest BCUT2D eigenvalue weighted by Crippen LogP contribution is -2.30. The molecule has 6 heteroatoms. The lowest BCUT2D eigenvalue weighted by Gasteiger charge is -2.16. The van der Waals surface area contributed by atoms with Crippen LogP contribution in [0.15, 0.2) is 40.2 Å². The third-order valence-electron chi connectivity index (χ3n) is 3.31. The number of hydrogen-bond donors (Lipinski definition) is 0. The third-order valence-corrected chi connectivity index (χ3v) is 4.92. The van der Waals surface area contributed by atoms with E-state index in [1.54, 1.807) is 47.5 Å². The minimum Gasteiger partial charge on any atom is -0.484 e. The molecule has 0 fully saturated rings. The summed E-state index contributed by atoms with van der Waals surface area (Å²) in [5.41, 5.74) is 0.659. The molecular formula is C17H18BrNO3S. The lowest BCUT2D eigenvalue weighted by molar-refractivity contribution is -0.132. The highest BCUT2D eigenvalue weighted by Crippen LogP contribution is 2.23. The summed E-state index contributed by atoms with van der Waals surface area (Å²) in [5, 5.41) is 0. The fourth-order valence-electron chi connectivity index (χ4n) is 1.96. The molecule has 0 aliphatic heterocycles. The van der Waals surface area contributed by atoms with E-state index in [1.165, 1.54) is 0 Å². The number of likely N-dealkylation sites (N-methyl/N-ethyl adjacent to an activating group) is 1. The number of Topliss-reactive ketones (excluding diaryl/α,β-unsaturated/α-hetero) is 1. The van der Waals surface area contributed by atoms with Crippen LogP contribution >= 0.6 is 27.3 Å². The molecular weight excluding hydrogens is 378 g/mol. The first kappa shape index (κ1) is 17.7. The third kappa shape index (κ3) is 5.18. The molecule has 1 aromatic carbocycles. The summed E-state index contributed by atoms with van der Waals surface area (Å²) >= 11 is 5.01. The van der Waals surface area contributed by atoms with Crippen LogP contribution in [0.2, 0.25) is 0 Å². The lowest BCUT2D eigenvalue weighted by atomic mass is 10.1. The Kier molecular flexibility index (Phi) is 6.36. The van der Waals surface area contributed by atoms with Gasteiger partial charge < -0.3 is 9.64 Å². The number of carbonyl (C=O) groups excluding carboxylic acids is 2. The Morgan fingerprint density at radius 3 is 2.43 bits per heavy atom. The van der Waals surface area contributed by atoms with E-state index in [0.717, 1.165) is 8.66 Å². The average molecular weight is 396 g/mol. The van der Waals surface area contributed by atoms with Crippen molar-refractivity contribution in [1.82, 2.24) is 4.90 Å². The molecule has 0 aliphatic carbocycles. The molecule has 0 spiro atoms. The van der Waals surface area contributed by atoms with Crippen molar-refractivity contribution in [3.63, 3.8) is 0 Å². The van der Waals surface area contributed by atoms with Crippen LogP contribution < -0.4 is 4.74 Å². The van der Waals surface area contributed by atoms with Crippen molar-refractivity contribution < 1.29 is 14.3 Å². The van der Waals surface area contributed by atoms with Gasteiger partial charge in [0.2, 0.25) is 0 Å². The normalized spacial score (nSPS) is 10.4. The smallest absolute Gasteiger partial charge is 0.260 e. The van der Waals surface area contributed by atoms with E-state index in [9.17, 15) is 9.59 Å². The van der Waals surface area contributed by atoms with Crippen molar-refractivity contribution in [2.75, 3.05) is 13.7 Å². The Morgan fingerprint density at radius 1 is 1.17 bits per heavy atom. The van der Waals surface area contributed by atoms with E-state index in [4.69, 9.17) is 4.74 Å². The first-order valence-corrected chi connectivity index (χ1v) is 8.84. The quantitative estimate of drug-likeness (QED) is 0.661. The molecule has 1 amide bonds. The van der Waals surface area contributed by atoms with Gasteiger partial charge in [0.05, 0.1) is 10.3 Å². The first-order valence-electron chi connectivity index (χ1n) is 7.24. The topological polar surface area (TPSA) is 46.6 Å². The zero-order chi connectivity index (χ0) is 16.8. The molecule has 1 heterocycles. The largest absolute Gasteiger partial charge is 0.484 e. The van der Waals surface area contributed by atoms with E-state index in [1.807, 2.05) is 19.1 Å². The van der Waals surface area contributed by atoms with Crippen LogP contribution in [0.25, 0.3) is 0 Å². The maximum Gasteiger partial charge on any atom is 0.260 e. The van der Waals surface area contributed by atoms with Crippen molar-refractivity contribution in [2.24, 2.45) is 0 Å². The highest BCUT2D eigenvalue weighted by Gasteiger charge is 2.11. The molecule has 0 saturated heterocycles. The van der Waals surface area contributed by atoms with Gasteiger partial charge in [0.15, 0.2) is 12.4 Å². The summed E-state index contributed by atoms with van der Waals surface area (Å²) in [5.74, 6) is 0.580. The second kappa shape index (κ2) is 8.26. The maximum atomic E-state index is 12.1. The monoisotopic (exact) mass is 395 g/mol. The van der Waals surface area contributed by atoms with Crippen LogP contribution in [0, 0.1) is 0 Å². The summed E-state index contributed by atoms with van der Waals surface area (Å²) in [6.07, 6.45) is 0.475. The van der Waals surface area contributed by atoms with Crippen LogP contribution in [-0.2, 0) is 11.3 Å². The Balaban J connectivity index is 1.84. The second-order valence-corrected chi connectivity index (χ2v) is 7.59. The van der Waals surface area contributed by atoms with Gasteiger partial charge in [-0.1, -0.05) is 6.92 Å². The van der Waals surface area contributed by atoms with Crippen LogP contribution in [-0.4, -0.2) is 30.2 Å². The highest BCUT2D eigenvalue weighted by molar-refractivity contribution is 9.11. The van der Waals surface area contributed by atoms with Gasteiger partial charge in [0, 0.05) is 23.9 Å². The second-order valence-electron chi connectivity index (χ2n) is 5.05. The van der Waals surface area contributed by atoms with Crippen molar-refractivity contribution in [1.29, 1.82) is 0 Å². The number of hydrogen-bond acceptors (Lipinski definition) is 4. The Labute approximate surface area is 148 Å². The van der Waals surface area contributed by atoms with Crippen molar-refractivity contribution in [3.8, 4) is 5.75 Å². The van der Waals surface area contributed by atoms with Crippen LogP contribution in [0.4, 0.5) is 0 Å². The molecule has 0 N–H and O–H groups in total. The maximum absolute atomic E-state index is 12.1. The average Bonchev–Trinajstić information content (AvgIpc) is 2.97. The molecule has 0 saturated carbocycles. The number of ether oxygens (including phenoxy) is 1. The molecule has 23 heavy (non-hydrogen) atoms. The standard InChI is InChI=1S/C17H18BrNO3S/c1-3-15(20)12-4-6-13(7-5-12)22-11-17(21)19(2)10-14-8-9-16(18)23-14/h4-9H,3,10-11H2,1-2H3. The van der Waals surface area contributed by atoms with E-state index < -0.39 is 0 Å². The number of thiophene rings is 1. The van der Waals surface area contributed by atoms with Gasteiger partial charge >= 0.3 is 0 Å². The number of carbonyl (C=O) groups is 2. The van der Waals surface area contributed by atoms with Gasteiger partial charge in [-0.3, -0.25) is 9.59 Å². The van der Waals surface area contributed by atoms with Crippen molar-refractivity contribution >= 4 is 39.0 Å². The van der Waals surface area contributed by atoms with Crippen LogP contribution in [0.3, 0.4) is 0 Å². The van der Waals surface area contributed by atoms with Gasteiger partial charge in [-0.05, 0) is 52.3 Å².